The molecular weight excluding hydrogens is 473 g/mol. The van der Waals surface area contributed by atoms with Gasteiger partial charge in [0, 0.05) is 18.6 Å². The maximum atomic E-state index is 11.7. The predicted octanol–water partition coefficient (Wildman–Crippen LogP) is 3.73. The van der Waals surface area contributed by atoms with Crippen LogP contribution in [0, 0.1) is 17.8 Å². The van der Waals surface area contributed by atoms with Crippen LogP contribution in [-0.2, 0) is 9.84 Å². The monoisotopic (exact) mass is 511 g/mol. The van der Waals surface area contributed by atoms with Crippen molar-refractivity contribution in [2.24, 2.45) is 22.7 Å². The van der Waals surface area contributed by atoms with E-state index in [1.807, 2.05) is 0 Å². The second-order valence-electron chi connectivity index (χ2n) is 9.20. The van der Waals surface area contributed by atoms with Crippen LogP contribution in [0.5, 0.6) is 0 Å². The average Bonchev–Trinajstić information content (AvgIpc) is 2.92. The van der Waals surface area contributed by atoms with E-state index < -0.39 is 9.84 Å². The summed E-state index contributed by atoms with van der Waals surface area (Å²) >= 11 is 0. The highest BCUT2D eigenvalue weighted by atomic mass is 127. The molecule has 0 amide bonds. The van der Waals surface area contributed by atoms with Crippen molar-refractivity contribution < 1.29 is 8.42 Å². The highest BCUT2D eigenvalue weighted by Gasteiger charge is 2.28. The van der Waals surface area contributed by atoms with Crippen LogP contribution in [0.3, 0.4) is 0 Å². The molecule has 7 heteroatoms. The molecule has 1 heterocycles. The quantitative estimate of drug-likeness (QED) is 0.343. The van der Waals surface area contributed by atoms with Crippen molar-refractivity contribution in [2.45, 2.75) is 83.7 Å². The minimum Gasteiger partial charge on any atom is -0.354 e. The number of rotatable bonds is 4. The summed E-state index contributed by atoms with van der Waals surface area (Å²) in [4.78, 5) is 4.84. The van der Waals surface area contributed by atoms with E-state index in [-0.39, 0.29) is 29.9 Å². The lowest BCUT2D eigenvalue weighted by atomic mass is 9.80. The maximum absolute atomic E-state index is 11.7. The molecule has 3 aliphatic rings. The van der Waals surface area contributed by atoms with Crippen molar-refractivity contribution >= 4 is 39.8 Å². The first-order valence-electron chi connectivity index (χ1n) is 10.7. The third-order valence-corrected chi connectivity index (χ3v) is 8.14. The smallest absolute Gasteiger partial charge is 0.191 e. The molecule has 0 radical (unpaired) electrons. The molecule has 2 saturated carbocycles. The van der Waals surface area contributed by atoms with E-state index in [0.717, 1.165) is 24.2 Å². The lowest BCUT2D eigenvalue weighted by Crippen LogP contribution is -2.50. The highest BCUT2D eigenvalue weighted by molar-refractivity contribution is 14.0. The fourth-order valence-electron chi connectivity index (χ4n) is 5.07. The summed E-state index contributed by atoms with van der Waals surface area (Å²) in [5.74, 6) is 3.27. The Morgan fingerprint density at radius 2 is 1.56 bits per heavy atom. The van der Waals surface area contributed by atoms with Crippen LogP contribution in [-0.4, -0.2) is 44.5 Å². The molecule has 0 aromatic rings. The Hall–Kier alpha value is -0.0500. The first-order valence-corrected chi connectivity index (χ1v) is 12.5. The number of halogens is 1. The van der Waals surface area contributed by atoms with Gasteiger partial charge in [-0.3, -0.25) is 4.99 Å². The zero-order valence-electron chi connectivity index (χ0n) is 17.0. The molecule has 27 heavy (non-hydrogen) atoms. The van der Waals surface area contributed by atoms with E-state index in [1.54, 1.807) is 0 Å². The molecule has 0 bridgehead atoms. The van der Waals surface area contributed by atoms with Crippen LogP contribution in [0.15, 0.2) is 4.99 Å². The number of aliphatic imine (C=N–C) groups is 1. The van der Waals surface area contributed by atoms with E-state index in [4.69, 9.17) is 4.99 Å². The third-order valence-electron chi connectivity index (χ3n) is 6.30. The molecule has 3 fully saturated rings. The van der Waals surface area contributed by atoms with Gasteiger partial charge in [-0.1, -0.05) is 33.1 Å². The van der Waals surface area contributed by atoms with Gasteiger partial charge < -0.3 is 10.6 Å². The number of sulfone groups is 1. The first-order chi connectivity index (χ1) is 12.4. The largest absolute Gasteiger partial charge is 0.354 e. The van der Waals surface area contributed by atoms with Gasteiger partial charge in [0.1, 0.15) is 0 Å². The Bertz CT molecular complexity index is 580. The molecule has 1 aliphatic heterocycles. The van der Waals surface area contributed by atoms with E-state index in [1.165, 1.54) is 51.4 Å². The Labute approximate surface area is 182 Å². The van der Waals surface area contributed by atoms with Gasteiger partial charge in [-0.15, -0.1) is 24.0 Å². The van der Waals surface area contributed by atoms with Crippen molar-refractivity contribution in [2.75, 3.05) is 18.1 Å². The molecule has 0 aromatic carbocycles. The molecule has 3 rings (SSSR count). The van der Waals surface area contributed by atoms with Crippen molar-refractivity contribution in [1.82, 2.24) is 10.6 Å². The highest BCUT2D eigenvalue weighted by Crippen LogP contribution is 2.28. The second kappa shape index (κ2) is 10.6. The summed E-state index contributed by atoms with van der Waals surface area (Å²) in [6.07, 6.45) is 10.9. The Morgan fingerprint density at radius 1 is 0.926 bits per heavy atom. The molecule has 5 nitrogen and oxygen atoms in total. The standard InChI is InChI=1S/C20H37N3O2S.HI/c1-15-10-16(2)12-19(11-15)23-20(22-18-6-4-3-5-7-18)21-13-17-8-9-26(24,25)14-17;/h15-19H,3-14H2,1-2H3,(H2,21,22,23);1H. The summed E-state index contributed by atoms with van der Waals surface area (Å²) in [7, 11) is -2.82. The summed E-state index contributed by atoms with van der Waals surface area (Å²) in [5.41, 5.74) is 0. The fraction of sp³-hybridized carbons (Fsp3) is 0.950. The SMILES string of the molecule is CC1CC(C)CC(NC(=NCC2CCS(=O)(=O)C2)NC2CCCCC2)C1.I. The van der Waals surface area contributed by atoms with Crippen LogP contribution < -0.4 is 10.6 Å². The minimum absolute atomic E-state index is 0. The fourth-order valence-corrected chi connectivity index (χ4v) is 6.92. The van der Waals surface area contributed by atoms with E-state index in [0.29, 0.717) is 30.1 Å². The van der Waals surface area contributed by atoms with E-state index >= 15 is 0 Å². The molecule has 2 aliphatic carbocycles. The third kappa shape index (κ3) is 7.71. The predicted molar refractivity (Wildman–Crippen MR) is 124 cm³/mol. The lowest BCUT2D eigenvalue weighted by Gasteiger charge is -2.34. The maximum Gasteiger partial charge on any atom is 0.191 e. The van der Waals surface area contributed by atoms with Crippen molar-refractivity contribution in [3.63, 3.8) is 0 Å². The molecule has 0 spiro atoms. The van der Waals surface area contributed by atoms with E-state index in [2.05, 4.69) is 24.5 Å². The molecule has 1 saturated heterocycles. The van der Waals surface area contributed by atoms with Crippen LogP contribution in [0.4, 0.5) is 0 Å². The Morgan fingerprint density at radius 3 is 2.15 bits per heavy atom. The van der Waals surface area contributed by atoms with Gasteiger partial charge in [-0.05, 0) is 56.3 Å². The molecular formula is C20H38IN3O2S. The second-order valence-corrected chi connectivity index (χ2v) is 11.4. The minimum atomic E-state index is -2.82. The zero-order valence-corrected chi connectivity index (χ0v) is 20.1. The van der Waals surface area contributed by atoms with Gasteiger partial charge in [-0.2, -0.15) is 0 Å². The number of nitrogens with zero attached hydrogens (tertiary/aromatic N) is 1. The van der Waals surface area contributed by atoms with Crippen molar-refractivity contribution in [3.05, 3.63) is 0 Å². The lowest BCUT2D eigenvalue weighted by molar-refractivity contribution is 0.254. The van der Waals surface area contributed by atoms with Crippen LogP contribution >= 0.6 is 24.0 Å². The van der Waals surface area contributed by atoms with Gasteiger partial charge in [0.15, 0.2) is 15.8 Å². The summed E-state index contributed by atoms with van der Waals surface area (Å²) in [6, 6.07) is 0.997. The van der Waals surface area contributed by atoms with Crippen molar-refractivity contribution in [3.8, 4) is 0 Å². The summed E-state index contributed by atoms with van der Waals surface area (Å²) in [5, 5.41) is 7.37. The van der Waals surface area contributed by atoms with Crippen LogP contribution in [0.25, 0.3) is 0 Å². The first kappa shape index (κ1) is 23.2. The van der Waals surface area contributed by atoms with Gasteiger partial charge in [-0.25, -0.2) is 8.42 Å². The number of hydrogen-bond acceptors (Lipinski definition) is 3. The normalized spacial score (nSPS) is 34.7. The summed E-state index contributed by atoms with van der Waals surface area (Å²) < 4.78 is 23.4. The molecule has 0 aromatic heterocycles. The molecule has 2 N–H and O–H groups in total. The van der Waals surface area contributed by atoms with Gasteiger partial charge in [0.2, 0.25) is 0 Å². The van der Waals surface area contributed by atoms with Crippen LogP contribution in [0.2, 0.25) is 0 Å². The number of hydrogen-bond donors (Lipinski definition) is 2. The molecule has 3 atom stereocenters. The Kier molecular flexibility index (Phi) is 9.16. The average molecular weight is 512 g/mol. The van der Waals surface area contributed by atoms with Gasteiger partial charge >= 0.3 is 0 Å². The molecule has 3 unspecified atom stereocenters. The summed E-state index contributed by atoms with van der Waals surface area (Å²) in [6.45, 7) is 5.32. The van der Waals surface area contributed by atoms with E-state index in [9.17, 15) is 8.42 Å². The topological polar surface area (TPSA) is 70.6 Å². The number of nitrogens with one attached hydrogen (secondary N) is 2. The molecule has 158 valence electrons. The van der Waals surface area contributed by atoms with Gasteiger partial charge in [0.25, 0.3) is 0 Å². The zero-order chi connectivity index (χ0) is 18.6. The Balaban J connectivity index is 0.00000261. The van der Waals surface area contributed by atoms with Crippen molar-refractivity contribution in [1.29, 1.82) is 0 Å². The van der Waals surface area contributed by atoms with Gasteiger partial charge in [0.05, 0.1) is 11.5 Å². The van der Waals surface area contributed by atoms with Crippen LogP contribution in [0.1, 0.15) is 71.6 Å². The number of guanidine groups is 1.